The molecule has 1 aromatic heterocycles. The highest BCUT2D eigenvalue weighted by molar-refractivity contribution is 5.72. The Bertz CT molecular complexity index is 561. The zero-order chi connectivity index (χ0) is 15.8. The standard InChI is InChI=1S/C11H10F3N3O4/c12-11(13,14)8-5-16(4-7(8)10(18)19)6-1-2-9(15-3-6)17(20)21/h1-3,7-8H,4-5H2,(H,18,19)/t7-,8-/m1/s1. The third-order valence-corrected chi connectivity index (χ3v) is 3.34. The second kappa shape index (κ2) is 5.19. The van der Waals surface area contributed by atoms with Crippen LogP contribution in [0.1, 0.15) is 0 Å². The van der Waals surface area contributed by atoms with Gasteiger partial charge in [0, 0.05) is 19.2 Å². The van der Waals surface area contributed by atoms with Gasteiger partial charge >= 0.3 is 18.0 Å². The van der Waals surface area contributed by atoms with Gasteiger partial charge in [0.25, 0.3) is 0 Å². The molecule has 1 aliphatic rings. The van der Waals surface area contributed by atoms with Crippen molar-refractivity contribution in [3.8, 4) is 0 Å². The van der Waals surface area contributed by atoms with Crippen molar-refractivity contribution in [2.45, 2.75) is 6.18 Å². The van der Waals surface area contributed by atoms with Gasteiger partial charge in [-0.15, -0.1) is 0 Å². The van der Waals surface area contributed by atoms with Crippen molar-refractivity contribution in [3.05, 3.63) is 28.4 Å². The van der Waals surface area contributed by atoms with Crippen LogP contribution < -0.4 is 4.90 Å². The van der Waals surface area contributed by atoms with Crippen molar-refractivity contribution in [1.29, 1.82) is 0 Å². The fraction of sp³-hybridized carbons (Fsp3) is 0.455. The molecule has 0 saturated carbocycles. The maximum Gasteiger partial charge on any atom is 0.394 e. The topological polar surface area (TPSA) is 96.6 Å². The van der Waals surface area contributed by atoms with Gasteiger partial charge in [-0.25, -0.2) is 0 Å². The summed E-state index contributed by atoms with van der Waals surface area (Å²) < 4.78 is 38.5. The first-order valence-corrected chi connectivity index (χ1v) is 5.85. The summed E-state index contributed by atoms with van der Waals surface area (Å²) in [5, 5.41) is 19.4. The molecule has 10 heteroatoms. The third-order valence-electron chi connectivity index (χ3n) is 3.34. The van der Waals surface area contributed by atoms with E-state index in [1.165, 1.54) is 11.0 Å². The van der Waals surface area contributed by atoms with Crippen LogP contribution in [-0.2, 0) is 4.79 Å². The van der Waals surface area contributed by atoms with E-state index in [0.717, 1.165) is 12.3 Å². The average molecular weight is 305 g/mol. The molecule has 1 saturated heterocycles. The minimum Gasteiger partial charge on any atom is -0.481 e. The fourth-order valence-corrected chi connectivity index (χ4v) is 2.27. The summed E-state index contributed by atoms with van der Waals surface area (Å²) in [6.07, 6.45) is -3.55. The van der Waals surface area contributed by atoms with Gasteiger partial charge in [-0.3, -0.25) is 4.79 Å². The lowest BCUT2D eigenvalue weighted by molar-refractivity contribution is -0.389. The van der Waals surface area contributed by atoms with Crippen LogP contribution in [-0.4, -0.2) is 40.2 Å². The van der Waals surface area contributed by atoms with Crippen LogP contribution in [0.15, 0.2) is 18.3 Å². The zero-order valence-electron chi connectivity index (χ0n) is 10.4. The van der Waals surface area contributed by atoms with E-state index >= 15 is 0 Å². The molecular formula is C11H10F3N3O4. The molecule has 2 atom stereocenters. The average Bonchev–Trinajstić information content (AvgIpc) is 2.84. The summed E-state index contributed by atoms with van der Waals surface area (Å²) in [7, 11) is 0. The maximum atomic E-state index is 12.8. The number of hydrogen-bond acceptors (Lipinski definition) is 5. The van der Waals surface area contributed by atoms with Crippen LogP contribution in [0, 0.1) is 22.0 Å². The Morgan fingerprint density at radius 3 is 2.48 bits per heavy atom. The van der Waals surface area contributed by atoms with E-state index in [2.05, 4.69) is 4.98 Å². The van der Waals surface area contributed by atoms with E-state index in [-0.39, 0.29) is 12.2 Å². The molecule has 0 bridgehead atoms. The maximum absolute atomic E-state index is 12.8. The van der Waals surface area contributed by atoms with Crippen LogP contribution in [0.4, 0.5) is 24.7 Å². The summed E-state index contributed by atoms with van der Waals surface area (Å²) >= 11 is 0. The second-order valence-corrected chi connectivity index (χ2v) is 4.63. The van der Waals surface area contributed by atoms with Crippen molar-refractivity contribution in [2.75, 3.05) is 18.0 Å². The zero-order valence-corrected chi connectivity index (χ0v) is 10.4. The number of carbonyl (C=O) groups is 1. The number of nitro groups is 1. The highest BCUT2D eigenvalue weighted by atomic mass is 19.4. The molecule has 0 spiro atoms. The van der Waals surface area contributed by atoms with Crippen molar-refractivity contribution in [1.82, 2.24) is 4.98 Å². The minimum absolute atomic E-state index is 0.221. The van der Waals surface area contributed by atoms with Gasteiger partial charge in [-0.2, -0.15) is 13.2 Å². The molecule has 0 unspecified atom stereocenters. The fourth-order valence-electron chi connectivity index (χ4n) is 2.27. The van der Waals surface area contributed by atoms with E-state index in [1.807, 2.05) is 0 Å². The number of aliphatic carboxylic acids is 1. The second-order valence-electron chi connectivity index (χ2n) is 4.63. The van der Waals surface area contributed by atoms with E-state index in [0.29, 0.717) is 0 Å². The number of halogens is 3. The summed E-state index contributed by atoms with van der Waals surface area (Å²) in [6, 6.07) is 2.31. The molecule has 114 valence electrons. The van der Waals surface area contributed by atoms with Crippen LogP contribution in [0.2, 0.25) is 0 Å². The highest BCUT2D eigenvalue weighted by Crippen LogP contribution is 2.39. The van der Waals surface area contributed by atoms with Gasteiger partial charge in [-0.1, -0.05) is 0 Å². The smallest absolute Gasteiger partial charge is 0.394 e. The van der Waals surface area contributed by atoms with E-state index in [9.17, 15) is 28.1 Å². The Balaban J connectivity index is 2.22. The number of carboxylic acids is 1. The molecule has 1 N–H and O–H groups in total. The Labute approximate surface area is 116 Å². The number of anilines is 1. The Morgan fingerprint density at radius 2 is 2.10 bits per heavy atom. The lowest BCUT2D eigenvalue weighted by Crippen LogP contribution is -2.33. The third kappa shape index (κ3) is 3.03. The predicted molar refractivity (Wildman–Crippen MR) is 63.8 cm³/mol. The minimum atomic E-state index is -4.62. The predicted octanol–water partition coefficient (Wildman–Crippen LogP) is 1.69. The molecule has 0 radical (unpaired) electrons. The van der Waals surface area contributed by atoms with Gasteiger partial charge in [0.1, 0.15) is 0 Å². The van der Waals surface area contributed by atoms with Crippen molar-refractivity contribution in [3.63, 3.8) is 0 Å². The molecule has 1 fully saturated rings. The van der Waals surface area contributed by atoms with Crippen LogP contribution >= 0.6 is 0 Å². The quantitative estimate of drug-likeness (QED) is 0.674. The number of alkyl halides is 3. The molecule has 2 heterocycles. The molecule has 2 rings (SSSR count). The highest BCUT2D eigenvalue weighted by Gasteiger charge is 2.52. The normalized spacial score (nSPS) is 22.3. The first kappa shape index (κ1) is 15.0. The Hall–Kier alpha value is -2.39. The van der Waals surface area contributed by atoms with Crippen molar-refractivity contribution < 1.29 is 28.0 Å². The lowest BCUT2D eigenvalue weighted by atomic mass is 9.96. The number of pyridine rings is 1. The van der Waals surface area contributed by atoms with Gasteiger partial charge in [0.05, 0.1) is 17.5 Å². The summed E-state index contributed by atoms with van der Waals surface area (Å²) in [5.74, 6) is -5.50. The lowest BCUT2D eigenvalue weighted by Gasteiger charge is -2.18. The van der Waals surface area contributed by atoms with Gasteiger partial charge < -0.3 is 20.1 Å². The molecule has 1 aliphatic heterocycles. The monoisotopic (exact) mass is 305 g/mol. The van der Waals surface area contributed by atoms with E-state index < -0.39 is 41.3 Å². The van der Waals surface area contributed by atoms with E-state index in [4.69, 9.17) is 5.11 Å². The van der Waals surface area contributed by atoms with Crippen LogP contribution in [0.25, 0.3) is 0 Å². The number of rotatable bonds is 3. The molecular weight excluding hydrogens is 295 g/mol. The molecule has 1 aromatic rings. The Morgan fingerprint density at radius 1 is 1.43 bits per heavy atom. The Kier molecular flexibility index (Phi) is 3.71. The molecule has 0 aromatic carbocycles. The summed E-state index contributed by atoms with van der Waals surface area (Å²) in [6.45, 7) is -0.834. The van der Waals surface area contributed by atoms with Gasteiger partial charge in [0.2, 0.25) is 0 Å². The van der Waals surface area contributed by atoms with Gasteiger partial charge in [0.15, 0.2) is 6.20 Å². The van der Waals surface area contributed by atoms with Crippen molar-refractivity contribution >= 4 is 17.5 Å². The van der Waals surface area contributed by atoms with Crippen molar-refractivity contribution in [2.24, 2.45) is 11.8 Å². The summed E-state index contributed by atoms with van der Waals surface area (Å²) in [4.78, 5) is 25.4. The number of hydrogen-bond donors (Lipinski definition) is 1. The molecule has 0 amide bonds. The first-order valence-electron chi connectivity index (χ1n) is 5.85. The van der Waals surface area contributed by atoms with E-state index in [1.54, 1.807) is 0 Å². The molecule has 0 aliphatic carbocycles. The number of carboxylic acid groups (broad SMARTS) is 1. The molecule has 21 heavy (non-hydrogen) atoms. The number of aromatic nitrogens is 1. The van der Waals surface area contributed by atoms with Crippen LogP contribution in [0.3, 0.4) is 0 Å². The SMILES string of the molecule is O=C(O)[C@@H]1CN(c2ccc([N+](=O)[O-])nc2)C[C@H]1C(F)(F)F. The van der Waals surface area contributed by atoms with Crippen LogP contribution in [0.5, 0.6) is 0 Å². The summed E-state index contributed by atoms with van der Waals surface area (Å²) in [5.41, 5.74) is 0.221. The largest absolute Gasteiger partial charge is 0.481 e. The van der Waals surface area contributed by atoms with Gasteiger partial charge in [-0.05, 0) is 16.0 Å². The molecule has 7 nitrogen and oxygen atoms in total. The first-order chi connectivity index (χ1) is 9.70. The number of nitrogens with zero attached hydrogens (tertiary/aromatic N) is 3.